The molecule has 1 aromatic heterocycles. The highest BCUT2D eigenvalue weighted by atomic mass is 79.9. The summed E-state index contributed by atoms with van der Waals surface area (Å²) in [5, 5.41) is 7.53. The van der Waals surface area contributed by atoms with Gasteiger partial charge in [-0.15, -0.1) is 0 Å². The zero-order chi connectivity index (χ0) is 13.7. The van der Waals surface area contributed by atoms with E-state index in [2.05, 4.69) is 38.3 Å². The Balaban J connectivity index is 1.99. The van der Waals surface area contributed by atoms with Crippen LogP contribution in [0.3, 0.4) is 0 Å². The van der Waals surface area contributed by atoms with Crippen molar-refractivity contribution < 1.29 is 4.39 Å². The lowest BCUT2D eigenvalue weighted by atomic mass is 10.2. The normalized spacial score (nSPS) is 10.9. The van der Waals surface area contributed by atoms with Crippen molar-refractivity contribution >= 4 is 15.9 Å². The second-order valence-electron chi connectivity index (χ2n) is 4.27. The maximum absolute atomic E-state index is 13.7. The van der Waals surface area contributed by atoms with Gasteiger partial charge in [-0.3, -0.25) is 0 Å². The molecule has 0 saturated carbocycles. The Morgan fingerprint density at radius 3 is 3.00 bits per heavy atom. The first-order chi connectivity index (χ1) is 9.19. The van der Waals surface area contributed by atoms with E-state index in [0.29, 0.717) is 18.7 Å². The highest BCUT2D eigenvalue weighted by molar-refractivity contribution is 9.10. The quantitative estimate of drug-likeness (QED) is 0.830. The van der Waals surface area contributed by atoms with E-state index in [4.69, 9.17) is 0 Å². The van der Waals surface area contributed by atoms with E-state index in [0.717, 1.165) is 23.3 Å². The van der Waals surface area contributed by atoms with Gasteiger partial charge in [0.1, 0.15) is 12.1 Å². The molecule has 0 unspecified atom stereocenters. The first-order valence-corrected chi connectivity index (χ1v) is 7.01. The van der Waals surface area contributed by atoms with Crippen LogP contribution in [0.1, 0.15) is 24.7 Å². The molecule has 0 aliphatic rings. The summed E-state index contributed by atoms with van der Waals surface area (Å²) in [6.07, 6.45) is 2.70. The molecule has 6 heteroatoms. The Labute approximate surface area is 120 Å². The van der Waals surface area contributed by atoms with Gasteiger partial charge in [-0.2, -0.15) is 5.10 Å². The van der Waals surface area contributed by atoms with E-state index in [1.807, 2.05) is 6.07 Å². The average molecular weight is 327 g/mol. The zero-order valence-corrected chi connectivity index (χ0v) is 12.3. The highest BCUT2D eigenvalue weighted by Crippen LogP contribution is 2.15. The van der Waals surface area contributed by atoms with Gasteiger partial charge in [0, 0.05) is 10.0 Å². The van der Waals surface area contributed by atoms with Crippen molar-refractivity contribution in [3.8, 4) is 0 Å². The number of aromatic nitrogens is 3. The standard InChI is InChI=1S/C13H16BrFN4/c1-2-5-16-7-13-17-9-19(18-13)8-10-3-4-11(14)6-12(10)15/h3-4,6,9,16H,2,5,7-8H2,1H3. The van der Waals surface area contributed by atoms with E-state index >= 15 is 0 Å². The minimum Gasteiger partial charge on any atom is -0.310 e. The Morgan fingerprint density at radius 1 is 1.42 bits per heavy atom. The summed E-state index contributed by atoms with van der Waals surface area (Å²) in [4.78, 5) is 4.19. The molecule has 1 N–H and O–H groups in total. The molecule has 0 spiro atoms. The summed E-state index contributed by atoms with van der Waals surface area (Å²) in [5.74, 6) is 0.488. The molecule has 2 aromatic rings. The number of rotatable bonds is 6. The summed E-state index contributed by atoms with van der Waals surface area (Å²) >= 11 is 3.24. The van der Waals surface area contributed by atoms with E-state index in [-0.39, 0.29) is 5.82 Å². The van der Waals surface area contributed by atoms with Gasteiger partial charge in [0.2, 0.25) is 0 Å². The van der Waals surface area contributed by atoms with Crippen LogP contribution in [0, 0.1) is 5.82 Å². The second kappa shape index (κ2) is 6.77. The second-order valence-corrected chi connectivity index (χ2v) is 5.19. The molecule has 0 bridgehead atoms. The Hall–Kier alpha value is -1.27. The fourth-order valence-electron chi connectivity index (χ4n) is 1.69. The van der Waals surface area contributed by atoms with Crippen molar-refractivity contribution in [2.75, 3.05) is 6.54 Å². The summed E-state index contributed by atoms with van der Waals surface area (Å²) in [6, 6.07) is 5.02. The third-order valence-electron chi connectivity index (χ3n) is 2.64. The fourth-order valence-corrected chi connectivity index (χ4v) is 2.02. The van der Waals surface area contributed by atoms with Crippen LogP contribution in [0.15, 0.2) is 29.0 Å². The van der Waals surface area contributed by atoms with Crippen LogP contribution < -0.4 is 5.32 Å². The molecule has 1 heterocycles. The van der Waals surface area contributed by atoms with Crippen LogP contribution in [-0.2, 0) is 13.1 Å². The summed E-state index contributed by atoms with van der Waals surface area (Å²) in [5.41, 5.74) is 0.598. The van der Waals surface area contributed by atoms with Crippen molar-refractivity contribution in [1.82, 2.24) is 20.1 Å². The average Bonchev–Trinajstić information content (AvgIpc) is 2.81. The predicted molar refractivity (Wildman–Crippen MR) is 75.2 cm³/mol. The summed E-state index contributed by atoms with van der Waals surface area (Å²) in [7, 11) is 0. The molecule has 4 nitrogen and oxygen atoms in total. The molecule has 0 aliphatic carbocycles. The number of benzene rings is 1. The van der Waals surface area contributed by atoms with E-state index in [1.54, 1.807) is 17.1 Å². The number of hydrogen-bond donors (Lipinski definition) is 1. The first kappa shape index (κ1) is 14.1. The SMILES string of the molecule is CCCNCc1ncn(Cc2ccc(Br)cc2F)n1. The Bertz CT molecular complexity index is 541. The van der Waals surface area contributed by atoms with Gasteiger partial charge in [0.25, 0.3) is 0 Å². The number of nitrogens with one attached hydrogen (secondary N) is 1. The van der Waals surface area contributed by atoms with Crippen molar-refractivity contribution in [1.29, 1.82) is 0 Å². The third-order valence-corrected chi connectivity index (χ3v) is 3.13. The van der Waals surface area contributed by atoms with Gasteiger partial charge in [-0.1, -0.05) is 28.9 Å². The van der Waals surface area contributed by atoms with Gasteiger partial charge < -0.3 is 5.32 Å². The fraction of sp³-hybridized carbons (Fsp3) is 0.385. The topological polar surface area (TPSA) is 42.7 Å². The van der Waals surface area contributed by atoms with Crippen LogP contribution >= 0.6 is 15.9 Å². The molecule has 0 atom stereocenters. The van der Waals surface area contributed by atoms with Crippen molar-refractivity contribution in [3.63, 3.8) is 0 Å². The van der Waals surface area contributed by atoms with Crippen LogP contribution in [0.2, 0.25) is 0 Å². The first-order valence-electron chi connectivity index (χ1n) is 6.22. The zero-order valence-electron chi connectivity index (χ0n) is 10.7. The largest absolute Gasteiger partial charge is 0.310 e. The van der Waals surface area contributed by atoms with Crippen LogP contribution in [0.25, 0.3) is 0 Å². The van der Waals surface area contributed by atoms with Crippen molar-refractivity contribution in [3.05, 3.63) is 46.2 Å². The van der Waals surface area contributed by atoms with Crippen molar-refractivity contribution in [2.45, 2.75) is 26.4 Å². The number of halogens is 2. The smallest absolute Gasteiger partial charge is 0.164 e. The van der Waals surface area contributed by atoms with E-state index in [1.165, 1.54) is 6.07 Å². The lowest BCUT2D eigenvalue weighted by molar-refractivity contribution is 0.577. The molecule has 0 amide bonds. The maximum atomic E-state index is 13.7. The van der Waals surface area contributed by atoms with Gasteiger partial charge in [-0.05, 0) is 25.1 Å². The molecule has 0 fully saturated rings. The summed E-state index contributed by atoms with van der Waals surface area (Å²) in [6.45, 7) is 4.08. The summed E-state index contributed by atoms with van der Waals surface area (Å²) < 4.78 is 16.1. The minimum atomic E-state index is -0.240. The monoisotopic (exact) mass is 326 g/mol. The maximum Gasteiger partial charge on any atom is 0.164 e. The molecular formula is C13H16BrFN4. The lowest BCUT2D eigenvalue weighted by Gasteiger charge is -2.03. The molecule has 1 aromatic carbocycles. The molecule has 19 heavy (non-hydrogen) atoms. The van der Waals surface area contributed by atoms with Crippen LogP contribution in [0.4, 0.5) is 4.39 Å². The highest BCUT2D eigenvalue weighted by Gasteiger charge is 2.06. The van der Waals surface area contributed by atoms with Gasteiger partial charge in [-0.25, -0.2) is 14.1 Å². The van der Waals surface area contributed by atoms with Gasteiger partial charge in [0.15, 0.2) is 5.82 Å². The number of nitrogens with zero attached hydrogens (tertiary/aromatic N) is 3. The molecule has 2 rings (SSSR count). The molecular weight excluding hydrogens is 311 g/mol. The molecule has 0 aliphatic heterocycles. The molecule has 0 saturated heterocycles. The lowest BCUT2D eigenvalue weighted by Crippen LogP contribution is -2.15. The van der Waals surface area contributed by atoms with Gasteiger partial charge in [0.05, 0.1) is 13.1 Å². The predicted octanol–water partition coefficient (Wildman–Crippen LogP) is 2.73. The van der Waals surface area contributed by atoms with Crippen LogP contribution in [0.5, 0.6) is 0 Å². The van der Waals surface area contributed by atoms with Crippen LogP contribution in [-0.4, -0.2) is 21.3 Å². The third kappa shape index (κ3) is 4.11. The van der Waals surface area contributed by atoms with E-state index < -0.39 is 0 Å². The Kier molecular flexibility index (Phi) is 5.04. The molecule has 102 valence electrons. The van der Waals surface area contributed by atoms with Crippen molar-refractivity contribution in [2.24, 2.45) is 0 Å². The molecule has 0 radical (unpaired) electrons. The van der Waals surface area contributed by atoms with E-state index in [9.17, 15) is 4.39 Å². The van der Waals surface area contributed by atoms with Gasteiger partial charge >= 0.3 is 0 Å². The minimum absolute atomic E-state index is 0.240. The number of hydrogen-bond acceptors (Lipinski definition) is 3. The Morgan fingerprint density at radius 2 is 2.26 bits per heavy atom.